The molecule has 1 fully saturated rings. The summed E-state index contributed by atoms with van der Waals surface area (Å²) in [7, 11) is 0. The Hall–Kier alpha value is -0.880. The van der Waals surface area contributed by atoms with Crippen molar-refractivity contribution >= 4 is 39.3 Å². The van der Waals surface area contributed by atoms with E-state index in [9.17, 15) is 9.59 Å². The summed E-state index contributed by atoms with van der Waals surface area (Å²) in [6, 6.07) is 0. The number of rotatable bonds is 3. The normalized spacial score (nSPS) is 19.9. The van der Waals surface area contributed by atoms with Crippen molar-refractivity contribution in [2.75, 3.05) is 11.4 Å². The third-order valence-corrected chi connectivity index (χ3v) is 4.62. The highest BCUT2D eigenvalue weighted by Crippen LogP contribution is 2.31. The van der Waals surface area contributed by atoms with Gasteiger partial charge in [-0.25, -0.2) is 4.98 Å². The average Bonchev–Trinajstić information content (AvgIpc) is 2.83. The first-order valence-corrected chi connectivity index (χ1v) is 7.66. The van der Waals surface area contributed by atoms with Crippen molar-refractivity contribution in [3.05, 3.63) is 11.1 Å². The summed E-state index contributed by atoms with van der Waals surface area (Å²) in [5.41, 5.74) is 1.02. The maximum atomic E-state index is 11.9. The van der Waals surface area contributed by atoms with E-state index in [1.54, 1.807) is 4.90 Å². The Labute approximate surface area is 115 Å². The minimum absolute atomic E-state index is 0.0664. The van der Waals surface area contributed by atoms with Crippen molar-refractivity contribution in [3.63, 3.8) is 0 Å². The molecule has 1 saturated heterocycles. The van der Waals surface area contributed by atoms with Crippen molar-refractivity contribution in [3.8, 4) is 0 Å². The van der Waals surface area contributed by atoms with Crippen LogP contribution in [0.5, 0.6) is 0 Å². The molecular formula is C12H16N2O2S2. The summed E-state index contributed by atoms with van der Waals surface area (Å²) >= 11 is 2.75. The number of hydrogen-bond acceptors (Lipinski definition) is 5. The van der Waals surface area contributed by atoms with Crippen LogP contribution in [0.15, 0.2) is 5.38 Å². The SMILES string of the molecule is CC(=O)SC1CC(=O)N(c2nc(C(C)C)cs2)C1. The van der Waals surface area contributed by atoms with Crippen LogP contribution in [-0.2, 0) is 9.59 Å². The minimum Gasteiger partial charge on any atom is -0.288 e. The van der Waals surface area contributed by atoms with Gasteiger partial charge < -0.3 is 0 Å². The zero-order valence-corrected chi connectivity index (χ0v) is 12.3. The average molecular weight is 284 g/mol. The second-order valence-electron chi connectivity index (χ2n) is 4.65. The molecule has 0 bridgehead atoms. The van der Waals surface area contributed by atoms with E-state index in [0.29, 0.717) is 18.9 Å². The van der Waals surface area contributed by atoms with Crippen LogP contribution in [0.4, 0.5) is 5.13 Å². The quantitative estimate of drug-likeness (QED) is 0.856. The van der Waals surface area contributed by atoms with Crippen LogP contribution >= 0.6 is 23.1 Å². The van der Waals surface area contributed by atoms with Crippen molar-refractivity contribution in [1.82, 2.24) is 4.98 Å². The van der Waals surface area contributed by atoms with Gasteiger partial charge in [-0.05, 0) is 5.92 Å². The summed E-state index contributed by atoms with van der Waals surface area (Å²) in [6.07, 6.45) is 0.431. The van der Waals surface area contributed by atoms with Gasteiger partial charge in [0.05, 0.1) is 5.69 Å². The number of anilines is 1. The third kappa shape index (κ3) is 2.92. The molecule has 0 saturated carbocycles. The van der Waals surface area contributed by atoms with Gasteiger partial charge in [0.25, 0.3) is 0 Å². The molecule has 2 rings (SSSR count). The molecule has 0 radical (unpaired) electrons. The van der Waals surface area contributed by atoms with Crippen LogP contribution < -0.4 is 4.90 Å². The summed E-state index contributed by atoms with van der Waals surface area (Å²) in [5.74, 6) is 0.438. The zero-order chi connectivity index (χ0) is 13.3. The first-order valence-electron chi connectivity index (χ1n) is 5.90. The fourth-order valence-corrected chi connectivity index (χ4v) is 3.77. The molecule has 18 heavy (non-hydrogen) atoms. The van der Waals surface area contributed by atoms with Crippen LogP contribution in [0.3, 0.4) is 0 Å². The molecule has 0 aromatic carbocycles. The molecule has 4 nitrogen and oxygen atoms in total. The molecule has 6 heteroatoms. The predicted octanol–water partition coefficient (Wildman–Crippen LogP) is 2.65. The lowest BCUT2D eigenvalue weighted by Crippen LogP contribution is -2.24. The van der Waals surface area contributed by atoms with Gasteiger partial charge >= 0.3 is 0 Å². The number of thiazole rings is 1. The smallest absolute Gasteiger partial charge is 0.230 e. The van der Waals surface area contributed by atoms with Crippen LogP contribution in [0, 0.1) is 0 Å². The summed E-state index contributed by atoms with van der Waals surface area (Å²) < 4.78 is 0. The number of nitrogens with zero attached hydrogens (tertiary/aromatic N) is 2. The fourth-order valence-electron chi connectivity index (χ4n) is 1.84. The Balaban J connectivity index is 2.09. The standard InChI is InChI=1S/C12H16N2O2S2/c1-7(2)10-6-17-12(13-10)14-5-9(4-11(14)16)18-8(3)15/h6-7,9H,4-5H2,1-3H3. The molecule has 0 N–H and O–H groups in total. The van der Waals surface area contributed by atoms with Gasteiger partial charge in [-0.1, -0.05) is 25.6 Å². The lowest BCUT2D eigenvalue weighted by atomic mass is 10.2. The first-order chi connectivity index (χ1) is 8.47. The molecule has 0 spiro atoms. The Morgan fingerprint density at radius 1 is 1.61 bits per heavy atom. The molecular weight excluding hydrogens is 268 g/mol. The number of thioether (sulfide) groups is 1. The van der Waals surface area contributed by atoms with E-state index in [1.165, 1.54) is 30.0 Å². The van der Waals surface area contributed by atoms with E-state index in [2.05, 4.69) is 18.8 Å². The molecule has 1 unspecified atom stereocenters. The summed E-state index contributed by atoms with van der Waals surface area (Å²) in [5, 5.41) is 2.90. The minimum atomic E-state index is 0.0664. The van der Waals surface area contributed by atoms with Gasteiger partial charge in [0.2, 0.25) is 5.91 Å². The largest absolute Gasteiger partial charge is 0.288 e. The lowest BCUT2D eigenvalue weighted by Gasteiger charge is -2.12. The first kappa shape index (κ1) is 13.5. The molecule has 98 valence electrons. The topological polar surface area (TPSA) is 50.3 Å². The van der Waals surface area contributed by atoms with E-state index in [0.717, 1.165) is 10.8 Å². The van der Waals surface area contributed by atoms with Gasteiger partial charge in [0, 0.05) is 30.5 Å². The van der Waals surface area contributed by atoms with Crippen molar-refractivity contribution in [2.45, 2.75) is 38.4 Å². The van der Waals surface area contributed by atoms with Gasteiger partial charge in [0.15, 0.2) is 10.2 Å². The van der Waals surface area contributed by atoms with Crippen LogP contribution in [0.1, 0.15) is 38.8 Å². The van der Waals surface area contributed by atoms with Crippen molar-refractivity contribution in [1.29, 1.82) is 0 Å². The Bertz CT molecular complexity index is 470. The van der Waals surface area contributed by atoms with Gasteiger partial charge in [0.1, 0.15) is 0 Å². The Morgan fingerprint density at radius 2 is 2.33 bits per heavy atom. The molecule has 1 atom stereocenters. The molecule has 1 aliphatic heterocycles. The maximum absolute atomic E-state index is 11.9. The number of carbonyl (C=O) groups excluding carboxylic acids is 2. The summed E-state index contributed by atoms with van der Waals surface area (Å²) in [6.45, 7) is 6.30. The maximum Gasteiger partial charge on any atom is 0.230 e. The van der Waals surface area contributed by atoms with Crippen LogP contribution in [-0.4, -0.2) is 27.8 Å². The van der Waals surface area contributed by atoms with Crippen molar-refractivity contribution in [2.24, 2.45) is 0 Å². The highest BCUT2D eigenvalue weighted by molar-refractivity contribution is 8.14. The number of aromatic nitrogens is 1. The van der Waals surface area contributed by atoms with Crippen molar-refractivity contribution < 1.29 is 9.59 Å². The summed E-state index contributed by atoms with van der Waals surface area (Å²) in [4.78, 5) is 29.2. The van der Waals surface area contributed by atoms with E-state index in [1.807, 2.05) is 5.38 Å². The number of carbonyl (C=O) groups is 2. The monoisotopic (exact) mass is 284 g/mol. The molecule has 1 aromatic rings. The van der Waals surface area contributed by atoms with Gasteiger partial charge in [-0.3, -0.25) is 14.5 Å². The second-order valence-corrected chi connectivity index (χ2v) is 6.96. The van der Waals surface area contributed by atoms with Crippen LogP contribution in [0.25, 0.3) is 0 Å². The molecule has 1 aliphatic rings. The molecule has 0 aliphatic carbocycles. The van der Waals surface area contributed by atoms with Crippen LogP contribution in [0.2, 0.25) is 0 Å². The molecule has 2 heterocycles. The van der Waals surface area contributed by atoms with E-state index in [-0.39, 0.29) is 16.3 Å². The highest BCUT2D eigenvalue weighted by atomic mass is 32.2. The van der Waals surface area contributed by atoms with E-state index in [4.69, 9.17) is 0 Å². The van der Waals surface area contributed by atoms with Gasteiger partial charge in [-0.2, -0.15) is 0 Å². The number of hydrogen-bond donors (Lipinski definition) is 0. The molecule has 1 amide bonds. The predicted molar refractivity (Wildman–Crippen MR) is 75.2 cm³/mol. The zero-order valence-electron chi connectivity index (χ0n) is 10.7. The third-order valence-electron chi connectivity index (χ3n) is 2.75. The Kier molecular flexibility index (Phi) is 4.07. The lowest BCUT2D eigenvalue weighted by molar-refractivity contribution is -0.117. The fraction of sp³-hybridized carbons (Fsp3) is 0.583. The molecule has 1 aromatic heterocycles. The van der Waals surface area contributed by atoms with Gasteiger partial charge in [-0.15, -0.1) is 11.3 Å². The second kappa shape index (κ2) is 5.40. The Morgan fingerprint density at radius 3 is 2.89 bits per heavy atom. The highest BCUT2D eigenvalue weighted by Gasteiger charge is 2.33. The van der Waals surface area contributed by atoms with E-state index < -0.39 is 0 Å². The van der Waals surface area contributed by atoms with E-state index >= 15 is 0 Å². The number of amides is 1.